The summed E-state index contributed by atoms with van der Waals surface area (Å²) in [4.78, 5) is 2.19. The third kappa shape index (κ3) is 2.75. The molecule has 94 valence electrons. The van der Waals surface area contributed by atoms with E-state index < -0.39 is 0 Å². The maximum Gasteiger partial charge on any atom is 0.0552 e. The number of hydrogen-bond acceptors (Lipinski definition) is 1. The summed E-state index contributed by atoms with van der Waals surface area (Å²) < 4.78 is 1.11. The molecule has 18 heavy (non-hydrogen) atoms. The van der Waals surface area contributed by atoms with Crippen LogP contribution in [-0.4, -0.2) is 7.05 Å². The van der Waals surface area contributed by atoms with Gasteiger partial charge in [0.05, 0.1) is 5.69 Å². The highest BCUT2D eigenvalue weighted by Gasteiger charge is 2.07. The van der Waals surface area contributed by atoms with Crippen LogP contribution in [0.3, 0.4) is 0 Å². The molecule has 0 aliphatic rings. The maximum atomic E-state index is 3.59. The molecule has 2 aromatic rings. The second-order valence-corrected chi connectivity index (χ2v) is 5.61. The van der Waals surface area contributed by atoms with Gasteiger partial charge in [0, 0.05) is 17.2 Å². The van der Waals surface area contributed by atoms with Crippen LogP contribution in [0.25, 0.3) is 0 Å². The Bertz CT molecular complexity index is 517. The highest BCUT2D eigenvalue weighted by Crippen LogP contribution is 2.31. The Kier molecular flexibility index (Phi) is 4.07. The molecule has 0 N–H and O–H groups in total. The van der Waals surface area contributed by atoms with E-state index in [1.807, 2.05) is 6.07 Å². The van der Waals surface area contributed by atoms with Crippen molar-refractivity contribution in [2.75, 3.05) is 11.9 Å². The third-order valence-electron chi connectivity index (χ3n) is 3.16. The molecule has 1 nitrogen and oxygen atoms in total. The molecule has 2 rings (SSSR count). The fourth-order valence-corrected chi connectivity index (χ4v) is 2.50. The van der Waals surface area contributed by atoms with Crippen molar-refractivity contribution in [1.29, 1.82) is 0 Å². The van der Waals surface area contributed by atoms with E-state index in [-0.39, 0.29) is 0 Å². The molecule has 0 saturated heterocycles. The van der Waals surface area contributed by atoms with Crippen molar-refractivity contribution < 1.29 is 0 Å². The summed E-state index contributed by atoms with van der Waals surface area (Å²) >= 11 is 3.59. The molecule has 0 heterocycles. The zero-order chi connectivity index (χ0) is 13.1. The number of benzene rings is 2. The summed E-state index contributed by atoms with van der Waals surface area (Å²) in [7, 11) is 2.09. The molecule has 2 aromatic carbocycles. The topological polar surface area (TPSA) is 3.24 Å². The molecule has 0 fully saturated rings. The third-order valence-corrected chi connectivity index (χ3v) is 3.83. The first-order valence-corrected chi connectivity index (χ1v) is 6.97. The molecule has 0 unspecified atom stereocenters. The van der Waals surface area contributed by atoms with Gasteiger partial charge in [-0.1, -0.05) is 38.1 Å². The van der Waals surface area contributed by atoms with Crippen molar-refractivity contribution in [1.82, 2.24) is 0 Å². The van der Waals surface area contributed by atoms with Crippen LogP contribution < -0.4 is 4.90 Å². The molecule has 0 aliphatic heterocycles. The Morgan fingerprint density at radius 2 is 1.56 bits per heavy atom. The minimum atomic E-state index is 0.577. The second kappa shape index (κ2) is 5.57. The van der Waals surface area contributed by atoms with Crippen LogP contribution in [0.5, 0.6) is 0 Å². The lowest BCUT2D eigenvalue weighted by Crippen LogP contribution is -2.09. The maximum absolute atomic E-state index is 3.59. The summed E-state index contributed by atoms with van der Waals surface area (Å²) in [5, 5.41) is 0. The summed E-state index contributed by atoms with van der Waals surface area (Å²) in [6.45, 7) is 4.43. The van der Waals surface area contributed by atoms with Crippen LogP contribution >= 0.6 is 15.9 Å². The number of para-hydroxylation sites is 1. The van der Waals surface area contributed by atoms with Gasteiger partial charge in [-0.25, -0.2) is 0 Å². The standard InChI is InChI=1S/C16H18BrN/c1-12(2)13-8-10-14(11-9-13)18(3)16-7-5-4-6-15(16)17/h4-12H,1-3H3. The van der Waals surface area contributed by atoms with Crippen molar-refractivity contribution in [2.45, 2.75) is 19.8 Å². The van der Waals surface area contributed by atoms with Gasteiger partial charge in [0.25, 0.3) is 0 Å². The Hall–Kier alpha value is -1.28. The van der Waals surface area contributed by atoms with E-state index in [1.165, 1.54) is 16.9 Å². The first kappa shape index (κ1) is 13.2. The first-order valence-electron chi connectivity index (χ1n) is 6.18. The van der Waals surface area contributed by atoms with Crippen molar-refractivity contribution in [3.05, 3.63) is 58.6 Å². The molecule has 0 saturated carbocycles. The van der Waals surface area contributed by atoms with Gasteiger partial charge in [0.1, 0.15) is 0 Å². The van der Waals surface area contributed by atoms with Crippen LogP contribution in [0, 0.1) is 0 Å². The fourth-order valence-electron chi connectivity index (χ4n) is 1.95. The van der Waals surface area contributed by atoms with Gasteiger partial charge in [0.2, 0.25) is 0 Å². The summed E-state index contributed by atoms with van der Waals surface area (Å²) in [5.74, 6) is 0.577. The van der Waals surface area contributed by atoms with Gasteiger partial charge < -0.3 is 4.90 Å². The molecule has 2 heteroatoms. The van der Waals surface area contributed by atoms with Gasteiger partial charge in [-0.15, -0.1) is 0 Å². The number of anilines is 2. The van der Waals surface area contributed by atoms with Gasteiger partial charge in [-0.05, 0) is 51.7 Å². The van der Waals surface area contributed by atoms with Crippen molar-refractivity contribution in [2.24, 2.45) is 0 Å². The quantitative estimate of drug-likeness (QED) is 0.739. The minimum absolute atomic E-state index is 0.577. The van der Waals surface area contributed by atoms with E-state index in [4.69, 9.17) is 0 Å². The summed E-state index contributed by atoms with van der Waals surface area (Å²) in [6, 6.07) is 17.0. The van der Waals surface area contributed by atoms with Crippen LogP contribution in [0.4, 0.5) is 11.4 Å². The minimum Gasteiger partial charge on any atom is -0.344 e. The van der Waals surface area contributed by atoms with Crippen molar-refractivity contribution in [3.8, 4) is 0 Å². The predicted octanol–water partition coefficient (Wildman–Crippen LogP) is 5.34. The lowest BCUT2D eigenvalue weighted by Gasteiger charge is -2.21. The zero-order valence-electron chi connectivity index (χ0n) is 11.0. The summed E-state index contributed by atoms with van der Waals surface area (Å²) in [5.41, 5.74) is 3.75. The van der Waals surface area contributed by atoms with E-state index >= 15 is 0 Å². The van der Waals surface area contributed by atoms with E-state index in [0.29, 0.717) is 5.92 Å². The molecule has 0 amide bonds. The number of nitrogens with zero attached hydrogens (tertiary/aromatic N) is 1. The average molecular weight is 304 g/mol. The number of hydrogen-bond donors (Lipinski definition) is 0. The molecule has 0 bridgehead atoms. The van der Waals surface area contributed by atoms with E-state index in [9.17, 15) is 0 Å². The van der Waals surface area contributed by atoms with E-state index in [2.05, 4.69) is 84.2 Å². The summed E-state index contributed by atoms with van der Waals surface area (Å²) in [6.07, 6.45) is 0. The van der Waals surface area contributed by atoms with Gasteiger partial charge in [-0.3, -0.25) is 0 Å². The highest BCUT2D eigenvalue weighted by molar-refractivity contribution is 9.10. The Balaban J connectivity index is 2.29. The van der Waals surface area contributed by atoms with Gasteiger partial charge in [0.15, 0.2) is 0 Å². The molecule has 0 spiro atoms. The van der Waals surface area contributed by atoms with Crippen LogP contribution in [0.2, 0.25) is 0 Å². The van der Waals surface area contributed by atoms with Gasteiger partial charge in [-0.2, -0.15) is 0 Å². The molecule has 0 atom stereocenters. The normalized spacial score (nSPS) is 10.7. The first-order chi connectivity index (χ1) is 8.59. The molecular formula is C16H18BrN. The Morgan fingerprint density at radius 3 is 2.11 bits per heavy atom. The molecule has 0 radical (unpaired) electrons. The monoisotopic (exact) mass is 303 g/mol. The Labute approximate surface area is 118 Å². The van der Waals surface area contributed by atoms with Crippen LogP contribution in [0.1, 0.15) is 25.3 Å². The molecule has 0 aliphatic carbocycles. The largest absolute Gasteiger partial charge is 0.344 e. The lowest BCUT2D eigenvalue weighted by atomic mass is 10.0. The smallest absolute Gasteiger partial charge is 0.0552 e. The zero-order valence-corrected chi connectivity index (χ0v) is 12.6. The second-order valence-electron chi connectivity index (χ2n) is 4.76. The molecular weight excluding hydrogens is 286 g/mol. The number of halogens is 1. The number of rotatable bonds is 3. The fraction of sp³-hybridized carbons (Fsp3) is 0.250. The highest BCUT2D eigenvalue weighted by atomic mass is 79.9. The predicted molar refractivity (Wildman–Crippen MR) is 82.7 cm³/mol. The van der Waals surface area contributed by atoms with Crippen LogP contribution in [0.15, 0.2) is 53.0 Å². The lowest BCUT2D eigenvalue weighted by molar-refractivity contribution is 0.866. The molecule has 0 aromatic heterocycles. The average Bonchev–Trinajstić information content (AvgIpc) is 2.38. The van der Waals surface area contributed by atoms with Crippen molar-refractivity contribution in [3.63, 3.8) is 0 Å². The van der Waals surface area contributed by atoms with Crippen LogP contribution in [-0.2, 0) is 0 Å². The van der Waals surface area contributed by atoms with Crippen molar-refractivity contribution >= 4 is 27.3 Å². The van der Waals surface area contributed by atoms with Gasteiger partial charge >= 0.3 is 0 Å². The SMILES string of the molecule is CC(C)c1ccc(N(C)c2ccccc2Br)cc1. The van der Waals surface area contributed by atoms with E-state index in [0.717, 1.165) is 4.47 Å². The van der Waals surface area contributed by atoms with E-state index in [1.54, 1.807) is 0 Å². The Morgan fingerprint density at radius 1 is 0.944 bits per heavy atom.